The molecule has 0 bridgehead atoms. The Balaban J connectivity index is 3.11. The molecule has 0 amide bonds. The molecule has 15 heavy (non-hydrogen) atoms. The van der Waals surface area contributed by atoms with Crippen molar-refractivity contribution >= 4 is 5.97 Å². The fraction of sp³-hybridized carbons (Fsp3) is 0.222. The highest BCUT2D eigenvalue weighted by Crippen LogP contribution is 2.30. The van der Waals surface area contributed by atoms with Crippen LogP contribution in [0.5, 0.6) is 0 Å². The second-order valence-corrected chi connectivity index (χ2v) is 2.85. The third kappa shape index (κ3) is 2.93. The third-order valence-electron chi connectivity index (χ3n) is 1.71. The predicted molar refractivity (Wildman–Crippen MR) is 40.1 cm³/mol. The average molecular weight is 221 g/mol. The Morgan fingerprint density at radius 1 is 1.33 bits per heavy atom. The third-order valence-corrected chi connectivity index (χ3v) is 1.71. The summed E-state index contributed by atoms with van der Waals surface area (Å²) >= 11 is 0. The predicted octanol–water partition coefficient (Wildman–Crippen LogP) is 1.14. The summed E-state index contributed by atoms with van der Waals surface area (Å²) in [7, 11) is 0. The van der Waals surface area contributed by atoms with Gasteiger partial charge in [0.05, 0.1) is 5.56 Å². The van der Waals surface area contributed by atoms with Crippen molar-refractivity contribution in [2.24, 2.45) is 0 Å². The van der Waals surface area contributed by atoms with Gasteiger partial charge in [-0.2, -0.15) is 13.2 Å². The van der Waals surface area contributed by atoms with Crippen LogP contribution in [0.2, 0.25) is 0 Å². The molecule has 0 unspecified atom stereocenters. The second-order valence-electron chi connectivity index (χ2n) is 2.85. The normalized spacial score (nSPS) is 11.5. The first kappa shape index (κ1) is 11.5. The molecule has 0 aliphatic heterocycles. The molecule has 0 saturated heterocycles. The number of aliphatic carboxylic acids is 1. The summed E-state index contributed by atoms with van der Waals surface area (Å²) in [4.78, 5) is 10.1. The van der Waals surface area contributed by atoms with Gasteiger partial charge in [0.1, 0.15) is 5.82 Å². The average Bonchev–Trinajstić information content (AvgIpc) is 2.06. The van der Waals surface area contributed by atoms with Crippen molar-refractivity contribution < 1.29 is 27.5 Å². The summed E-state index contributed by atoms with van der Waals surface area (Å²) in [6.07, 6.45) is -5.50. The van der Waals surface area contributed by atoms with Gasteiger partial charge in [-0.05, 0) is 23.8 Å². The number of carbonyl (C=O) groups is 1. The van der Waals surface area contributed by atoms with Crippen molar-refractivity contribution in [2.45, 2.75) is 12.6 Å². The SMILES string of the molecule is O=C([O-])Cc1cc(C(F)(F)F)ccc1F. The molecule has 0 N–H and O–H groups in total. The molecule has 2 nitrogen and oxygen atoms in total. The van der Waals surface area contributed by atoms with Gasteiger partial charge in [0.25, 0.3) is 0 Å². The van der Waals surface area contributed by atoms with Crippen LogP contribution in [0.25, 0.3) is 0 Å². The lowest BCUT2D eigenvalue weighted by atomic mass is 10.1. The lowest BCUT2D eigenvalue weighted by Crippen LogP contribution is -2.25. The highest BCUT2D eigenvalue weighted by molar-refractivity contribution is 5.68. The summed E-state index contributed by atoms with van der Waals surface area (Å²) in [5.74, 6) is -2.62. The van der Waals surface area contributed by atoms with Gasteiger partial charge < -0.3 is 9.90 Å². The zero-order valence-electron chi connectivity index (χ0n) is 7.27. The number of carbonyl (C=O) groups excluding carboxylic acids is 1. The number of alkyl halides is 3. The number of hydrogen-bond donors (Lipinski definition) is 0. The van der Waals surface area contributed by atoms with Crippen molar-refractivity contribution in [2.75, 3.05) is 0 Å². The van der Waals surface area contributed by atoms with Gasteiger partial charge in [0.2, 0.25) is 0 Å². The summed E-state index contributed by atoms with van der Waals surface area (Å²) < 4.78 is 49.3. The zero-order chi connectivity index (χ0) is 11.6. The van der Waals surface area contributed by atoms with Gasteiger partial charge in [-0.15, -0.1) is 0 Å². The van der Waals surface area contributed by atoms with Crippen molar-refractivity contribution in [3.63, 3.8) is 0 Å². The summed E-state index contributed by atoms with van der Waals surface area (Å²) in [6, 6.07) is 1.60. The van der Waals surface area contributed by atoms with E-state index in [2.05, 4.69) is 0 Å². The Labute approximate surface area is 82.1 Å². The van der Waals surface area contributed by atoms with E-state index >= 15 is 0 Å². The maximum absolute atomic E-state index is 12.9. The minimum absolute atomic E-state index is 0.463. The summed E-state index contributed by atoms with van der Waals surface area (Å²) in [5.41, 5.74) is -1.62. The minimum Gasteiger partial charge on any atom is -0.550 e. The monoisotopic (exact) mass is 221 g/mol. The number of carboxylic acid groups (broad SMARTS) is 1. The van der Waals surface area contributed by atoms with Crippen LogP contribution < -0.4 is 5.11 Å². The Morgan fingerprint density at radius 3 is 2.40 bits per heavy atom. The van der Waals surface area contributed by atoms with Gasteiger partial charge in [-0.1, -0.05) is 0 Å². The quantitative estimate of drug-likeness (QED) is 0.702. The first-order chi connectivity index (χ1) is 6.80. The van der Waals surface area contributed by atoms with Crippen LogP contribution in [-0.4, -0.2) is 5.97 Å². The number of hydrogen-bond acceptors (Lipinski definition) is 2. The molecule has 1 aromatic carbocycles. The van der Waals surface area contributed by atoms with Crippen LogP contribution in [0.4, 0.5) is 17.6 Å². The van der Waals surface area contributed by atoms with Gasteiger partial charge in [0, 0.05) is 12.4 Å². The van der Waals surface area contributed by atoms with Gasteiger partial charge in [-0.3, -0.25) is 0 Å². The molecule has 0 aliphatic rings. The molecule has 0 saturated carbocycles. The maximum atomic E-state index is 12.9. The topological polar surface area (TPSA) is 40.1 Å². The number of carboxylic acids is 1. The second kappa shape index (κ2) is 3.88. The van der Waals surface area contributed by atoms with Gasteiger partial charge in [0.15, 0.2) is 0 Å². The van der Waals surface area contributed by atoms with Crippen molar-refractivity contribution in [3.05, 3.63) is 35.1 Å². The number of benzene rings is 1. The highest BCUT2D eigenvalue weighted by Gasteiger charge is 2.30. The molecule has 1 aromatic rings. The molecule has 82 valence electrons. The first-order valence-corrected chi connectivity index (χ1v) is 3.86. The maximum Gasteiger partial charge on any atom is 0.416 e. The van der Waals surface area contributed by atoms with Crippen LogP contribution in [-0.2, 0) is 17.4 Å². The molecule has 0 aliphatic carbocycles. The zero-order valence-corrected chi connectivity index (χ0v) is 7.27. The molecule has 0 fully saturated rings. The van der Waals surface area contributed by atoms with E-state index < -0.39 is 35.5 Å². The Kier molecular flexibility index (Phi) is 2.97. The molecular weight excluding hydrogens is 216 g/mol. The van der Waals surface area contributed by atoms with E-state index in [1.807, 2.05) is 0 Å². The van der Waals surface area contributed by atoms with Crippen LogP contribution >= 0.6 is 0 Å². The van der Waals surface area contributed by atoms with Crippen molar-refractivity contribution in [1.82, 2.24) is 0 Å². The van der Waals surface area contributed by atoms with Gasteiger partial charge in [-0.25, -0.2) is 4.39 Å². The van der Waals surface area contributed by atoms with Crippen LogP contribution in [0.15, 0.2) is 18.2 Å². The van der Waals surface area contributed by atoms with E-state index in [0.29, 0.717) is 18.2 Å². The summed E-state index contributed by atoms with van der Waals surface area (Å²) in [5, 5.41) is 10.1. The van der Waals surface area contributed by atoms with Gasteiger partial charge >= 0.3 is 6.18 Å². The molecule has 6 heteroatoms. The molecule has 1 rings (SSSR count). The summed E-state index contributed by atoms with van der Waals surface area (Å²) in [6.45, 7) is 0. The van der Waals surface area contributed by atoms with E-state index in [9.17, 15) is 27.5 Å². The first-order valence-electron chi connectivity index (χ1n) is 3.86. The molecule has 0 spiro atoms. The Morgan fingerprint density at radius 2 is 1.93 bits per heavy atom. The van der Waals surface area contributed by atoms with E-state index in [-0.39, 0.29) is 0 Å². The molecule has 0 radical (unpaired) electrons. The van der Waals surface area contributed by atoms with Crippen LogP contribution in [0, 0.1) is 5.82 Å². The molecule has 0 atom stereocenters. The standard InChI is InChI=1S/C9H6F4O2/c10-7-2-1-6(9(11,12)13)3-5(7)4-8(14)15/h1-3H,4H2,(H,14,15)/p-1. The van der Waals surface area contributed by atoms with Crippen molar-refractivity contribution in [1.29, 1.82) is 0 Å². The lowest BCUT2D eigenvalue weighted by Gasteiger charge is -2.10. The number of halogens is 4. The van der Waals surface area contributed by atoms with E-state index in [4.69, 9.17) is 0 Å². The lowest BCUT2D eigenvalue weighted by molar-refractivity contribution is -0.304. The smallest absolute Gasteiger partial charge is 0.416 e. The molecule has 0 aromatic heterocycles. The highest BCUT2D eigenvalue weighted by atomic mass is 19.4. The van der Waals surface area contributed by atoms with Crippen LogP contribution in [0.1, 0.15) is 11.1 Å². The van der Waals surface area contributed by atoms with Crippen LogP contribution in [0.3, 0.4) is 0 Å². The molecular formula is C9H5F4O2-. The molecule has 0 heterocycles. The Bertz CT molecular complexity index is 384. The Hall–Kier alpha value is -1.59. The largest absolute Gasteiger partial charge is 0.550 e. The van der Waals surface area contributed by atoms with E-state index in [1.165, 1.54) is 0 Å². The van der Waals surface area contributed by atoms with E-state index in [0.717, 1.165) is 0 Å². The minimum atomic E-state index is -4.62. The fourth-order valence-corrected chi connectivity index (χ4v) is 1.04. The fourth-order valence-electron chi connectivity index (χ4n) is 1.04. The number of rotatable bonds is 2. The van der Waals surface area contributed by atoms with Crippen molar-refractivity contribution in [3.8, 4) is 0 Å². The van der Waals surface area contributed by atoms with E-state index in [1.54, 1.807) is 0 Å².